The second-order valence-corrected chi connectivity index (χ2v) is 5.51. The molecule has 26 heavy (non-hydrogen) atoms. The highest BCUT2D eigenvalue weighted by Gasteiger charge is 2.33. The van der Waals surface area contributed by atoms with Crippen LogP contribution in [0, 0.1) is 0 Å². The van der Waals surface area contributed by atoms with Gasteiger partial charge in [-0.15, -0.1) is 0 Å². The molecule has 0 radical (unpaired) electrons. The zero-order valence-corrected chi connectivity index (χ0v) is 13.8. The Hall–Kier alpha value is -3.16. The van der Waals surface area contributed by atoms with Crippen molar-refractivity contribution in [1.29, 1.82) is 0 Å². The fourth-order valence-electron chi connectivity index (χ4n) is 2.69. The number of hydrogen-bond acceptors (Lipinski definition) is 4. The first-order valence-corrected chi connectivity index (χ1v) is 7.83. The maximum Gasteiger partial charge on any atom is 0.387 e. The first-order valence-electron chi connectivity index (χ1n) is 7.83. The normalized spacial score (nSPS) is 15.8. The van der Waals surface area contributed by atoms with Crippen molar-refractivity contribution in [2.75, 3.05) is 18.5 Å². The molecule has 6 nitrogen and oxygen atoms in total. The van der Waals surface area contributed by atoms with Gasteiger partial charge in [-0.05, 0) is 30.3 Å². The molecule has 0 bridgehead atoms. The van der Waals surface area contributed by atoms with Crippen molar-refractivity contribution in [3.8, 4) is 11.5 Å². The van der Waals surface area contributed by atoms with Crippen LogP contribution >= 0.6 is 0 Å². The molecule has 136 valence electrons. The SMILES string of the molecule is CNC(=O)[C@H]1CN(C(=O)c2cccc(OC(F)F)c2)c2ccccc2O1. The summed E-state index contributed by atoms with van der Waals surface area (Å²) < 4.78 is 34.8. The van der Waals surface area contributed by atoms with Crippen molar-refractivity contribution in [3.63, 3.8) is 0 Å². The molecule has 1 heterocycles. The summed E-state index contributed by atoms with van der Waals surface area (Å²) in [6.07, 6.45) is -0.876. The second kappa shape index (κ2) is 7.38. The summed E-state index contributed by atoms with van der Waals surface area (Å²) in [4.78, 5) is 26.3. The van der Waals surface area contributed by atoms with E-state index in [2.05, 4.69) is 10.1 Å². The number of rotatable bonds is 4. The first kappa shape index (κ1) is 17.7. The molecule has 2 amide bonds. The topological polar surface area (TPSA) is 67.9 Å². The van der Waals surface area contributed by atoms with Gasteiger partial charge in [-0.2, -0.15) is 8.78 Å². The van der Waals surface area contributed by atoms with Crippen LogP contribution in [0.25, 0.3) is 0 Å². The van der Waals surface area contributed by atoms with Gasteiger partial charge in [-0.1, -0.05) is 18.2 Å². The summed E-state index contributed by atoms with van der Waals surface area (Å²) >= 11 is 0. The highest BCUT2D eigenvalue weighted by Crippen LogP contribution is 2.34. The van der Waals surface area contributed by atoms with Crippen LogP contribution in [0.4, 0.5) is 14.5 Å². The van der Waals surface area contributed by atoms with Crippen molar-refractivity contribution in [2.24, 2.45) is 0 Å². The third-order valence-electron chi connectivity index (χ3n) is 3.86. The van der Waals surface area contributed by atoms with E-state index in [0.29, 0.717) is 11.4 Å². The number of alkyl halides is 2. The summed E-state index contributed by atoms with van der Waals surface area (Å²) in [6.45, 7) is -2.99. The minimum atomic E-state index is -2.98. The van der Waals surface area contributed by atoms with Crippen molar-refractivity contribution >= 4 is 17.5 Å². The van der Waals surface area contributed by atoms with E-state index in [1.54, 1.807) is 24.3 Å². The molecule has 8 heteroatoms. The molecule has 3 rings (SSSR count). The molecular weight excluding hydrogens is 346 g/mol. The molecule has 0 spiro atoms. The van der Waals surface area contributed by atoms with Gasteiger partial charge >= 0.3 is 6.61 Å². The molecule has 2 aromatic rings. The van der Waals surface area contributed by atoms with Crippen molar-refractivity contribution in [2.45, 2.75) is 12.7 Å². The van der Waals surface area contributed by atoms with Crippen molar-refractivity contribution in [3.05, 3.63) is 54.1 Å². The highest BCUT2D eigenvalue weighted by molar-refractivity contribution is 6.08. The Bertz CT molecular complexity index is 828. The lowest BCUT2D eigenvalue weighted by molar-refractivity contribution is -0.127. The van der Waals surface area contributed by atoms with Crippen LogP contribution in [-0.4, -0.2) is 38.1 Å². The largest absolute Gasteiger partial charge is 0.477 e. The number of benzene rings is 2. The van der Waals surface area contributed by atoms with Crippen LogP contribution in [0.5, 0.6) is 11.5 Å². The van der Waals surface area contributed by atoms with E-state index in [-0.39, 0.29) is 23.8 Å². The smallest absolute Gasteiger partial charge is 0.387 e. The Morgan fingerprint density at radius 3 is 2.73 bits per heavy atom. The fraction of sp³-hybridized carbons (Fsp3) is 0.222. The van der Waals surface area contributed by atoms with Gasteiger partial charge in [0, 0.05) is 12.6 Å². The number of carbonyl (C=O) groups excluding carboxylic acids is 2. The lowest BCUT2D eigenvalue weighted by atomic mass is 10.1. The third-order valence-corrected chi connectivity index (χ3v) is 3.86. The summed E-state index contributed by atoms with van der Waals surface area (Å²) in [5.41, 5.74) is 0.661. The van der Waals surface area contributed by atoms with Crippen molar-refractivity contribution in [1.82, 2.24) is 5.32 Å². The molecule has 0 saturated carbocycles. The quantitative estimate of drug-likeness (QED) is 0.907. The van der Waals surface area contributed by atoms with Gasteiger partial charge < -0.3 is 19.7 Å². The Morgan fingerprint density at radius 2 is 2.00 bits per heavy atom. The highest BCUT2D eigenvalue weighted by atomic mass is 19.3. The molecular formula is C18H16F2N2O4. The number of halogens is 2. The Balaban J connectivity index is 1.94. The van der Waals surface area contributed by atoms with Gasteiger partial charge in [-0.3, -0.25) is 9.59 Å². The number of anilines is 1. The van der Waals surface area contributed by atoms with Crippen LogP contribution in [0.1, 0.15) is 10.4 Å². The van der Waals surface area contributed by atoms with Crippen LogP contribution in [0.2, 0.25) is 0 Å². The number of ether oxygens (including phenoxy) is 2. The molecule has 1 atom stereocenters. The van der Waals surface area contributed by atoms with E-state index in [4.69, 9.17) is 4.74 Å². The minimum Gasteiger partial charge on any atom is -0.477 e. The number of amides is 2. The summed E-state index contributed by atoms with van der Waals surface area (Å²) in [5.74, 6) is -0.544. The van der Waals surface area contributed by atoms with E-state index < -0.39 is 18.6 Å². The molecule has 1 aliphatic heterocycles. The number of nitrogens with one attached hydrogen (secondary N) is 1. The van der Waals surface area contributed by atoms with E-state index in [1.807, 2.05) is 0 Å². The Kier molecular flexibility index (Phi) is 5.01. The number of para-hydroxylation sites is 2. The Labute approximate surface area is 148 Å². The number of nitrogens with zero attached hydrogens (tertiary/aromatic N) is 1. The zero-order chi connectivity index (χ0) is 18.7. The summed E-state index contributed by atoms with van der Waals surface area (Å²) in [6, 6.07) is 12.3. The molecule has 0 unspecified atom stereocenters. The van der Waals surface area contributed by atoms with Crippen LogP contribution in [0.15, 0.2) is 48.5 Å². The average molecular weight is 362 g/mol. The number of fused-ring (bicyclic) bond motifs is 1. The zero-order valence-electron chi connectivity index (χ0n) is 13.8. The van der Waals surface area contributed by atoms with Gasteiger partial charge in [0.25, 0.3) is 11.8 Å². The Morgan fingerprint density at radius 1 is 1.23 bits per heavy atom. The van der Waals surface area contributed by atoms with Gasteiger partial charge in [0.2, 0.25) is 0 Å². The molecule has 0 aliphatic carbocycles. The predicted octanol–water partition coefficient (Wildman–Crippen LogP) is 2.44. The number of likely N-dealkylation sites (N-methyl/N-ethyl adjacent to an activating group) is 1. The van der Waals surface area contributed by atoms with E-state index >= 15 is 0 Å². The molecule has 1 N–H and O–H groups in total. The lowest BCUT2D eigenvalue weighted by Crippen LogP contribution is -2.50. The molecule has 0 aromatic heterocycles. The van der Waals surface area contributed by atoms with Gasteiger partial charge in [-0.25, -0.2) is 0 Å². The summed E-state index contributed by atoms with van der Waals surface area (Å²) in [5, 5.41) is 2.49. The number of hydrogen-bond donors (Lipinski definition) is 1. The van der Waals surface area contributed by atoms with Crippen LogP contribution in [0.3, 0.4) is 0 Å². The molecule has 2 aromatic carbocycles. The third kappa shape index (κ3) is 3.58. The maximum atomic E-state index is 13.0. The van der Waals surface area contributed by atoms with Crippen molar-refractivity contribution < 1.29 is 27.8 Å². The second-order valence-electron chi connectivity index (χ2n) is 5.51. The van der Waals surface area contributed by atoms with Crippen LogP contribution in [-0.2, 0) is 4.79 Å². The molecule has 1 aliphatic rings. The summed E-state index contributed by atoms with van der Waals surface area (Å²) in [7, 11) is 1.48. The van der Waals surface area contributed by atoms with E-state index in [0.717, 1.165) is 0 Å². The number of carbonyl (C=O) groups is 2. The van der Waals surface area contributed by atoms with Gasteiger partial charge in [0.15, 0.2) is 6.10 Å². The first-order chi connectivity index (χ1) is 12.5. The minimum absolute atomic E-state index is 0.00451. The monoisotopic (exact) mass is 362 g/mol. The van der Waals surface area contributed by atoms with E-state index in [9.17, 15) is 18.4 Å². The van der Waals surface area contributed by atoms with Gasteiger partial charge in [0.1, 0.15) is 11.5 Å². The average Bonchev–Trinajstić information content (AvgIpc) is 2.65. The molecule has 0 saturated heterocycles. The predicted molar refractivity (Wildman–Crippen MR) is 89.7 cm³/mol. The standard InChI is InChI=1S/C18H16F2N2O4/c1-21-16(23)15-10-22(13-7-2-3-8-14(13)26-15)17(24)11-5-4-6-12(9-11)25-18(19)20/h2-9,15,18H,10H2,1H3,(H,21,23)/t15-/m1/s1. The molecule has 0 fully saturated rings. The maximum absolute atomic E-state index is 13.0. The van der Waals surface area contributed by atoms with E-state index in [1.165, 1.54) is 36.2 Å². The van der Waals surface area contributed by atoms with Gasteiger partial charge in [0.05, 0.1) is 12.2 Å². The lowest BCUT2D eigenvalue weighted by Gasteiger charge is -2.34. The fourth-order valence-corrected chi connectivity index (χ4v) is 2.69. The van der Waals surface area contributed by atoms with Crippen LogP contribution < -0.4 is 19.7 Å².